The normalized spacial score (nSPS) is 11.3. The fourth-order valence-corrected chi connectivity index (χ4v) is 0.655. The highest BCUT2D eigenvalue weighted by Gasteiger charge is 2.10. The van der Waals surface area contributed by atoms with E-state index in [1.807, 2.05) is 6.92 Å². The number of rotatable bonds is 4. The lowest BCUT2D eigenvalue weighted by Gasteiger charge is -1.99. The van der Waals surface area contributed by atoms with Crippen molar-refractivity contribution in [2.45, 2.75) is 26.2 Å². The molecule has 11 heavy (non-hydrogen) atoms. The third-order valence-electron chi connectivity index (χ3n) is 1.31. The van der Waals surface area contributed by atoms with Gasteiger partial charge in [-0.05, 0) is 6.42 Å². The number of hydrogen-bond donors (Lipinski definition) is 1. The Morgan fingerprint density at radius 3 is 2.64 bits per heavy atom. The average Bonchev–Trinajstić information content (AvgIpc) is 2.05. The molecule has 64 valence electrons. The highest BCUT2D eigenvalue weighted by molar-refractivity contribution is 6.36. The molecule has 0 bridgehead atoms. The molecule has 0 unspecified atom stereocenters. The number of carbonyl (C=O) groups is 1. The zero-order valence-electron chi connectivity index (χ0n) is 6.83. The molecule has 4 heteroatoms. The number of unbranched alkanes of at least 4 members (excludes halogenated alkanes) is 1. The van der Waals surface area contributed by atoms with Crippen molar-refractivity contribution in [1.82, 2.24) is 0 Å². The summed E-state index contributed by atoms with van der Waals surface area (Å²) in [5.74, 6) is -0.555. The predicted molar refractivity (Wildman–Crippen MR) is 40.8 cm³/mol. The summed E-state index contributed by atoms with van der Waals surface area (Å²) < 4.78 is 4.37. The minimum atomic E-state index is -0.555. The minimum absolute atomic E-state index is 0.0920. The van der Waals surface area contributed by atoms with E-state index < -0.39 is 5.97 Å². The molecule has 0 radical (unpaired) electrons. The topological polar surface area (TPSA) is 58.9 Å². The van der Waals surface area contributed by atoms with Crippen LogP contribution in [0.1, 0.15) is 26.2 Å². The van der Waals surface area contributed by atoms with Crippen LogP contribution >= 0.6 is 0 Å². The third kappa shape index (κ3) is 3.60. The highest BCUT2D eigenvalue weighted by atomic mass is 16.5. The Bertz CT molecular complexity index is 154. The monoisotopic (exact) mass is 159 g/mol. The lowest BCUT2D eigenvalue weighted by molar-refractivity contribution is -0.133. The summed E-state index contributed by atoms with van der Waals surface area (Å²) in [6.07, 6.45) is 2.25. The molecular weight excluding hydrogens is 146 g/mol. The van der Waals surface area contributed by atoms with E-state index in [-0.39, 0.29) is 5.71 Å². The van der Waals surface area contributed by atoms with E-state index >= 15 is 0 Å². The first kappa shape index (κ1) is 9.94. The number of methoxy groups -OCH3 is 1. The van der Waals surface area contributed by atoms with Crippen LogP contribution in [0.4, 0.5) is 0 Å². The molecule has 0 fully saturated rings. The second-order valence-electron chi connectivity index (χ2n) is 2.14. The van der Waals surface area contributed by atoms with E-state index in [4.69, 9.17) is 5.21 Å². The molecule has 0 aliphatic heterocycles. The predicted octanol–water partition coefficient (Wildman–Crippen LogP) is 1.18. The molecule has 0 heterocycles. The van der Waals surface area contributed by atoms with Gasteiger partial charge in [0.1, 0.15) is 0 Å². The SMILES string of the molecule is CCCCC(=NO)C(=O)OC. The van der Waals surface area contributed by atoms with Crippen LogP contribution in [0.3, 0.4) is 0 Å². The smallest absolute Gasteiger partial charge is 0.355 e. The quantitative estimate of drug-likeness (QED) is 0.290. The molecular formula is C7H13NO3. The number of ether oxygens (including phenoxy) is 1. The van der Waals surface area contributed by atoms with Gasteiger partial charge in [0.2, 0.25) is 0 Å². The maximum atomic E-state index is 10.7. The van der Waals surface area contributed by atoms with E-state index in [1.54, 1.807) is 0 Å². The average molecular weight is 159 g/mol. The van der Waals surface area contributed by atoms with Gasteiger partial charge in [-0.3, -0.25) is 0 Å². The van der Waals surface area contributed by atoms with Crippen LogP contribution in [0, 0.1) is 0 Å². The second-order valence-corrected chi connectivity index (χ2v) is 2.14. The zero-order valence-corrected chi connectivity index (χ0v) is 6.83. The molecule has 0 aromatic heterocycles. The van der Waals surface area contributed by atoms with Crippen molar-refractivity contribution >= 4 is 11.7 Å². The number of esters is 1. The van der Waals surface area contributed by atoms with E-state index in [0.29, 0.717) is 6.42 Å². The van der Waals surface area contributed by atoms with Crippen molar-refractivity contribution in [3.8, 4) is 0 Å². The Kier molecular flexibility index (Phi) is 5.15. The summed E-state index contributed by atoms with van der Waals surface area (Å²) in [7, 11) is 1.26. The summed E-state index contributed by atoms with van der Waals surface area (Å²) in [5.41, 5.74) is 0.0920. The Balaban J connectivity index is 3.87. The molecule has 0 saturated carbocycles. The van der Waals surface area contributed by atoms with Gasteiger partial charge in [-0.2, -0.15) is 0 Å². The Labute approximate surface area is 65.8 Å². The van der Waals surface area contributed by atoms with Crippen LogP contribution in [0.25, 0.3) is 0 Å². The maximum Gasteiger partial charge on any atom is 0.355 e. The van der Waals surface area contributed by atoms with E-state index in [9.17, 15) is 4.79 Å². The van der Waals surface area contributed by atoms with Gasteiger partial charge in [-0.1, -0.05) is 18.5 Å². The van der Waals surface area contributed by atoms with Crippen molar-refractivity contribution in [1.29, 1.82) is 0 Å². The largest absolute Gasteiger partial charge is 0.464 e. The molecule has 0 aliphatic rings. The van der Waals surface area contributed by atoms with Crippen molar-refractivity contribution in [2.75, 3.05) is 7.11 Å². The van der Waals surface area contributed by atoms with E-state index in [1.165, 1.54) is 7.11 Å². The van der Waals surface area contributed by atoms with E-state index in [0.717, 1.165) is 12.8 Å². The second kappa shape index (κ2) is 5.70. The van der Waals surface area contributed by atoms with Gasteiger partial charge >= 0.3 is 5.97 Å². The summed E-state index contributed by atoms with van der Waals surface area (Å²) in [5, 5.41) is 11.2. The van der Waals surface area contributed by atoms with Crippen molar-refractivity contribution in [3.05, 3.63) is 0 Å². The maximum absolute atomic E-state index is 10.7. The van der Waals surface area contributed by atoms with Gasteiger partial charge in [0.05, 0.1) is 7.11 Å². The molecule has 0 aromatic rings. The van der Waals surface area contributed by atoms with Gasteiger partial charge in [-0.25, -0.2) is 4.79 Å². The van der Waals surface area contributed by atoms with Crippen LogP contribution in [0.15, 0.2) is 5.16 Å². The van der Waals surface area contributed by atoms with Gasteiger partial charge in [0.25, 0.3) is 0 Å². The fourth-order valence-electron chi connectivity index (χ4n) is 0.655. The summed E-state index contributed by atoms with van der Waals surface area (Å²) in [6.45, 7) is 1.99. The Morgan fingerprint density at radius 2 is 2.27 bits per heavy atom. The lowest BCUT2D eigenvalue weighted by atomic mass is 10.2. The zero-order chi connectivity index (χ0) is 8.69. The summed E-state index contributed by atoms with van der Waals surface area (Å²) >= 11 is 0. The first-order valence-corrected chi connectivity index (χ1v) is 3.55. The van der Waals surface area contributed by atoms with Crippen LogP contribution in [0.2, 0.25) is 0 Å². The molecule has 0 aliphatic carbocycles. The molecule has 0 amide bonds. The van der Waals surface area contributed by atoms with Gasteiger partial charge in [0.15, 0.2) is 5.71 Å². The molecule has 0 rings (SSSR count). The van der Waals surface area contributed by atoms with Crippen molar-refractivity contribution in [2.24, 2.45) is 5.16 Å². The van der Waals surface area contributed by atoms with Crippen LogP contribution in [-0.2, 0) is 9.53 Å². The number of oxime groups is 1. The Hall–Kier alpha value is -1.06. The van der Waals surface area contributed by atoms with Gasteiger partial charge < -0.3 is 9.94 Å². The molecule has 1 N–H and O–H groups in total. The van der Waals surface area contributed by atoms with E-state index in [2.05, 4.69) is 9.89 Å². The van der Waals surface area contributed by atoms with Gasteiger partial charge in [0, 0.05) is 6.42 Å². The van der Waals surface area contributed by atoms with Crippen LogP contribution < -0.4 is 0 Å². The molecule has 0 spiro atoms. The van der Waals surface area contributed by atoms with Crippen molar-refractivity contribution in [3.63, 3.8) is 0 Å². The fraction of sp³-hybridized carbons (Fsp3) is 0.714. The van der Waals surface area contributed by atoms with Gasteiger partial charge in [-0.15, -0.1) is 0 Å². The highest BCUT2D eigenvalue weighted by Crippen LogP contribution is 1.98. The minimum Gasteiger partial charge on any atom is -0.464 e. The third-order valence-corrected chi connectivity index (χ3v) is 1.31. The molecule has 4 nitrogen and oxygen atoms in total. The molecule has 0 atom stereocenters. The standard InChI is InChI=1S/C7H13NO3/c1-3-4-5-6(8-10)7(9)11-2/h10H,3-5H2,1-2H3. The Morgan fingerprint density at radius 1 is 1.64 bits per heavy atom. The number of hydrogen-bond acceptors (Lipinski definition) is 4. The summed E-state index contributed by atoms with van der Waals surface area (Å²) in [4.78, 5) is 10.7. The van der Waals surface area contributed by atoms with Crippen molar-refractivity contribution < 1.29 is 14.7 Å². The first-order valence-electron chi connectivity index (χ1n) is 3.55. The summed E-state index contributed by atoms with van der Waals surface area (Å²) in [6, 6.07) is 0. The molecule has 0 saturated heterocycles. The lowest BCUT2D eigenvalue weighted by Crippen LogP contribution is -2.15. The number of carbonyl (C=O) groups excluding carboxylic acids is 1. The molecule has 0 aromatic carbocycles. The first-order chi connectivity index (χ1) is 5.26. The van der Waals surface area contributed by atoms with Crippen LogP contribution in [-0.4, -0.2) is 24.0 Å². The number of nitrogens with zero attached hydrogens (tertiary/aromatic N) is 1. The van der Waals surface area contributed by atoms with Crippen LogP contribution in [0.5, 0.6) is 0 Å².